The van der Waals surface area contributed by atoms with E-state index in [1.165, 1.54) is 29.3 Å². The average Bonchev–Trinajstić information content (AvgIpc) is 2.81. The summed E-state index contributed by atoms with van der Waals surface area (Å²) in [6, 6.07) is 1.44. The lowest BCUT2D eigenvalue weighted by Gasteiger charge is -2.05. The number of nitrogens with one attached hydrogen (secondary N) is 1. The highest BCUT2D eigenvalue weighted by atomic mass is 32.2. The Kier molecular flexibility index (Phi) is 4.02. The first-order valence-electron chi connectivity index (χ1n) is 5.67. The molecule has 0 aliphatic carbocycles. The van der Waals surface area contributed by atoms with Gasteiger partial charge in [-0.2, -0.15) is 5.10 Å². The predicted octanol–water partition coefficient (Wildman–Crippen LogP) is -0.0739. The van der Waals surface area contributed by atoms with E-state index in [4.69, 9.17) is 5.73 Å². The highest BCUT2D eigenvalue weighted by Gasteiger charge is 2.15. The fourth-order valence-electron chi connectivity index (χ4n) is 1.48. The van der Waals surface area contributed by atoms with Crippen LogP contribution in [0.2, 0.25) is 0 Å². The third-order valence-corrected chi connectivity index (χ3v) is 3.66. The topological polar surface area (TPSA) is 103 Å². The first kappa shape index (κ1) is 14.0. The van der Waals surface area contributed by atoms with Crippen molar-refractivity contribution in [3.63, 3.8) is 0 Å². The Balaban J connectivity index is 2.29. The third-order valence-electron chi connectivity index (χ3n) is 2.32. The van der Waals surface area contributed by atoms with Gasteiger partial charge in [0.25, 0.3) is 10.0 Å². The van der Waals surface area contributed by atoms with E-state index < -0.39 is 10.0 Å². The van der Waals surface area contributed by atoms with Crippen molar-refractivity contribution >= 4 is 15.7 Å². The third kappa shape index (κ3) is 3.34. The lowest BCUT2D eigenvalue weighted by atomic mass is 10.3. The molecule has 0 amide bonds. The second-order valence-corrected chi connectivity index (χ2v) is 5.61. The van der Waals surface area contributed by atoms with Crippen molar-refractivity contribution in [1.29, 1.82) is 0 Å². The molecule has 0 saturated heterocycles. The molecule has 0 unspecified atom stereocenters. The van der Waals surface area contributed by atoms with Crippen LogP contribution in [0.15, 0.2) is 35.7 Å². The molecule has 2 aromatic rings. The van der Waals surface area contributed by atoms with Crippen LogP contribution in [0.4, 0.5) is 5.69 Å². The number of pyridine rings is 1. The van der Waals surface area contributed by atoms with Gasteiger partial charge in [0.05, 0.1) is 18.4 Å². The van der Waals surface area contributed by atoms with Crippen LogP contribution in [0.25, 0.3) is 0 Å². The minimum atomic E-state index is -3.71. The molecule has 0 aliphatic rings. The van der Waals surface area contributed by atoms with Gasteiger partial charge in [0.2, 0.25) is 0 Å². The van der Waals surface area contributed by atoms with E-state index in [2.05, 4.69) is 26.6 Å². The molecule has 3 N–H and O–H groups in total. The molecule has 20 heavy (non-hydrogen) atoms. The molecule has 2 heterocycles. The van der Waals surface area contributed by atoms with E-state index in [1.54, 1.807) is 13.2 Å². The van der Waals surface area contributed by atoms with Gasteiger partial charge >= 0.3 is 0 Å². The maximum absolute atomic E-state index is 12.2. The van der Waals surface area contributed by atoms with E-state index >= 15 is 0 Å². The summed E-state index contributed by atoms with van der Waals surface area (Å²) in [5, 5.41) is 3.89. The molecule has 2 aromatic heterocycles. The zero-order valence-corrected chi connectivity index (χ0v) is 11.6. The number of nitrogens with two attached hydrogens (primary N) is 1. The van der Waals surface area contributed by atoms with Crippen LogP contribution < -0.4 is 10.5 Å². The summed E-state index contributed by atoms with van der Waals surface area (Å²) in [4.78, 5) is 3.90. The van der Waals surface area contributed by atoms with Gasteiger partial charge in [0.15, 0.2) is 0 Å². The largest absolute Gasteiger partial charge is 0.320 e. The van der Waals surface area contributed by atoms with Gasteiger partial charge in [0.1, 0.15) is 4.90 Å². The molecule has 0 spiro atoms. The van der Waals surface area contributed by atoms with Crippen molar-refractivity contribution in [2.75, 3.05) is 11.3 Å². The molecule has 0 aliphatic heterocycles. The first-order valence-corrected chi connectivity index (χ1v) is 7.15. The highest BCUT2D eigenvalue weighted by Crippen LogP contribution is 2.15. The number of aryl methyl sites for hydroxylation is 1. The average molecular weight is 291 g/mol. The van der Waals surface area contributed by atoms with Crippen LogP contribution in [0.1, 0.15) is 5.56 Å². The van der Waals surface area contributed by atoms with E-state index in [1.807, 2.05) is 0 Å². The summed E-state index contributed by atoms with van der Waals surface area (Å²) in [5.74, 6) is 5.38. The highest BCUT2D eigenvalue weighted by molar-refractivity contribution is 7.92. The zero-order valence-electron chi connectivity index (χ0n) is 10.7. The van der Waals surface area contributed by atoms with Gasteiger partial charge in [-0.1, -0.05) is 11.8 Å². The molecule has 2 rings (SSSR count). The number of sulfonamides is 1. The maximum atomic E-state index is 12.2. The number of rotatable bonds is 3. The van der Waals surface area contributed by atoms with Crippen molar-refractivity contribution in [3.8, 4) is 11.8 Å². The van der Waals surface area contributed by atoms with Crippen molar-refractivity contribution in [1.82, 2.24) is 14.8 Å². The Morgan fingerprint density at radius 2 is 2.20 bits per heavy atom. The lowest BCUT2D eigenvalue weighted by Crippen LogP contribution is -2.13. The van der Waals surface area contributed by atoms with Gasteiger partial charge in [0, 0.05) is 31.2 Å². The second-order valence-electron chi connectivity index (χ2n) is 3.92. The monoisotopic (exact) mass is 291 g/mol. The van der Waals surface area contributed by atoms with Crippen molar-refractivity contribution in [3.05, 3.63) is 36.4 Å². The molecule has 0 aromatic carbocycles. The molecule has 0 radical (unpaired) electrons. The van der Waals surface area contributed by atoms with Crippen LogP contribution >= 0.6 is 0 Å². The molecule has 0 fully saturated rings. The van der Waals surface area contributed by atoms with Crippen LogP contribution in [0.3, 0.4) is 0 Å². The Bertz CT molecular complexity index is 770. The second kappa shape index (κ2) is 5.73. The van der Waals surface area contributed by atoms with Gasteiger partial charge < -0.3 is 5.73 Å². The number of hydrogen-bond donors (Lipinski definition) is 2. The standard InChI is InChI=1S/C12H13N5O2S/c1-17-9-11(7-15-17)16-20(18,19)12-5-10(3-2-4-13)6-14-8-12/h5-9,16H,4,13H2,1H3. The predicted molar refractivity (Wildman–Crippen MR) is 74.2 cm³/mol. The summed E-state index contributed by atoms with van der Waals surface area (Å²) in [5.41, 5.74) is 6.14. The molecular formula is C12H13N5O2S. The lowest BCUT2D eigenvalue weighted by molar-refractivity contribution is 0.601. The van der Waals surface area contributed by atoms with Crippen LogP contribution in [-0.4, -0.2) is 29.7 Å². The fourth-order valence-corrected chi connectivity index (χ4v) is 2.49. The molecular weight excluding hydrogens is 278 g/mol. The van der Waals surface area contributed by atoms with Gasteiger partial charge in [-0.15, -0.1) is 0 Å². The fraction of sp³-hybridized carbons (Fsp3) is 0.167. The first-order chi connectivity index (χ1) is 9.51. The minimum absolute atomic E-state index is 0.0326. The zero-order chi connectivity index (χ0) is 14.6. The molecule has 0 atom stereocenters. The number of hydrogen-bond acceptors (Lipinski definition) is 5. The Morgan fingerprint density at radius 3 is 2.85 bits per heavy atom. The normalized spacial score (nSPS) is 10.7. The van der Waals surface area contributed by atoms with E-state index in [0.717, 1.165) is 0 Å². The summed E-state index contributed by atoms with van der Waals surface area (Å²) < 4.78 is 28.3. The number of anilines is 1. The maximum Gasteiger partial charge on any atom is 0.263 e. The van der Waals surface area contributed by atoms with Crippen LogP contribution in [0, 0.1) is 11.8 Å². The van der Waals surface area contributed by atoms with Crippen molar-refractivity contribution in [2.45, 2.75) is 4.90 Å². The Hall–Kier alpha value is -2.37. The van der Waals surface area contributed by atoms with Crippen LogP contribution in [0.5, 0.6) is 0 Å². The molecule has 0 saturated carbocycles. The quantitative estimate of drug-likeness (QED) is 0.770. The van der Waals surface area contributed by atoms with Gasteiger partial charge in [-0.3, -0.25) is 14.4 Å². The van der Waals surface area contributed by atoms with E-state index in [-0.39, 0.29) is 11.4 Å². The summed E-state index contributed by atoms with van der Waals surface area (Å²) in [6.07, 6.45) is 5.71. The Morgan fingerprint density at radius 1 is 1.40 bits per heavy atom. The van der Waals surface area contributed by atoms with Crippen LogP contribution in [-0.2, 0) is 17.1 Å². The number of nitrogens with zero attached hydrogens (tertiary/aromatic N) is 3. The van der Waals surface area contributed by atoms with Gasteiger partial charge in [-0.25, -0.2) is 8.42 Å². The van der Waals surface area contributed by atoms with Crippen molar-refractivity contribution in [2.24, 2.45) is 12.8 Å². The van der Waals surface area contributed by atoms with Gasteiger partial charge in [-0.05, 0) is 6.07 Å². The Labute approximate surface area is 116 Å². The summed E-state index contributed by atoms with van der Waals surface area (Å²) in [6.45, 7) is 0.199. The smallest absolute Gasteiger partial charge is 0.263 e. The molecule has 7 nitrogen and oxygen atoms in total. The minimum Gasteiger partial charge on any atom is -0.320 e. The number of aromatic nitrogens is 3. The summed E-state index contributed by atoms with van der Waals surface area (Å²) in [7, 11) is -2.02. The van der Waals surface area contributed by atoms with E-state index in [0.29, 0.717) is 11.3 Å². The SMILES string of the molecule is Cn1cc(NS(=O)(=O)c2cncc(C#CCN)c2)cn1. The molecule has 104 valence electrons. The molecule has 0 bridgehead atoms. The van der Waals surface area contributed by atoms with E-state index in [9.17, 15) is 8.42 Å². The molecule has 8 heteroatoms. The van der Waals surface area contributed by atoms with Crippen molar-refractivity contribution < 1.29 is 8.42 Å². The summed E-state index contributed by atoms with van der Waals surface area (Å²) >= 11 is 0.